The number of nitrogens with zero attached hydrogens (tertiary/aromatic N) is 2. The lowest BCUT2D eigenvalue weighted by atomic mass is 9.95. The summed E-state index contributed by atoms with van der Waals surface area (Å²) in [7, 11) is 1.48. The SMILES string of the molecule is CCCCC(NC(=O)c1c(-c2ccccc2)c(-c2ccccc2)nn(C)c1=O)C(=O)O. The van der Waals surface area contributed by atoms with Crippen LogP contribution in [0.25, 0.3) is 22.4 Å². The molecule has 160 valence electrons. The van der Waals surface area contributed by atoms with E-state index in [-0.39, 0.29) is 12.0 Å². The fourth-order valence-electron chi connectivity index (χ4n) is 3.42. The van der Waals surface area contributed by atoms with Crippen LogP contribution in [-0.2, 0) is 11.8 Å². The van der Waals surface area contributed by atoms with Crippen LogP contribution in [0.3, 0.4) is 0 Å². The van der Waals surface area contributed by atoms with Crippen molar-refractivity contribution in [1.82, 2.24) is 15.1 Å². The first-order valence-electron chi connectivity index (χ1n) is 10.2. The van der Waals surface area contributed by atoms with Gasteiger partial charge in [0.25, 0.3) is 11.5 Å². The molecule has 1 heterocycles. The number of benzene rings is 2. The van der Waals surface area contributed by atoms with Crippen LogP contribution in [0, 0.1) is 0 Å². The van der Waals surface area contributed by atoms with Crippen molar-refractivity contribution in [2.45, 2.75) is 32.2 Å². The lowest BCUT2D eigenvalue weighted by molar-refractivity contribution is -0.139. The van der Waals surface area contributed by atoms with E-state index in [2.05, 4.69) is 10.4 Å². The second kappa shape index (κ2) is 9.84. The molecule has 1 amide bonds. The average molecular weight is 419 g/mol. The normalized spacial score (nSPS) is 11.7. The number of hydrogen-bond acceptors (Lipinski definition) is 4. The third-order valence-corrected chi connectivity index (χ3v) is 5.03. The van der Waals surface area contributed by atoms with Gasteiger partial charge in [0.15, 0.2) is 0 Å². The molecule has 0 aliphatic rings. The molecule has 0 fully saturated rings. The Kier molecular flexibility index (Phi) is 6.97. The number of carboxylic acids is 1. The Labute approximate surface area is 180 Å². The van der Waals surface area contributed by atoms with E-state index in [1.54, 1.807) is 12.1 Å². The van der Waals surface area contributed by atoms with Gasteiger partial charge in [0, 0.05) is 18.2 Å². The average Bonchev–Trinajstić information content (AvgIpc) is 2.78. The van der Waals surface area contributed by atoms with Gasteiger partial charge in [-0.2, -0.15) is 5.10 Å². The fourth-order valence-corrected chi connectivity index (χ4v) is 3.42. The minimum Gasteiger partial charge on any atom is -0.480 e. The highest BCUT2D eigenvalue weighted by atomic mass is 16.4. The van der Waals surface area contributed by atoms with Crippen LogP contribution in [0.5, 0.6) is 0 Å². The Balaban J connectivity index is 2.21. The maximum absolute atomic E-state index is 13.3. The van der Waals surface area contributed by atoms with Gasteiger partial charge in [-0.05, 0) is 12.0 Å². The molecular formula is C24H25N3O4. The second-order valence-corrected chi connectivity index (χ2v) is 7.27. The first-order chi connectivity index (χ1) is 14.9. The largest absolute Gasteiger partial charge is 0.480 e. The lowest BCUT2D eigenvalue weighted by Gasteiger charge is -2.18. The molecule has 7 heteroatoms. The topological polar surface area (TPSA) is 101 Å². The summed E-state index contributed by atoms with van der Waals surface area (Å²) in [5.41, 5.74) is 1.54. The molecule has 1 aromatic heterocycles. The highest BCUT2D eigenvalue weighted by molar-refractivity contribution is 6.04. The van der Waals surface area contributed by atoms with Crippen molar-refractivity contribution in [1.29, 1.82) is 0 Å². The van der Waals surface area contributed by atoms with E-state index in [4.69, 9.17) is 0 Å². The highest BCUT2D eigenvalue weighted by Crippen LogP contribution is 2.31. The predicted octanol–water partition coefficient (Wildman–Crippen LogP) is 3.49. The van der Waals surface area contributed by atoms with Crippen LogP contribution in [0.2, 0.25) is 0 Å². The number of nitrogens with one attached hydrogen (secondary N) is 1. The number of rotatable bonds is 8. The molecule has 2 aromatic carbocycles. The predicted molar refractivity (Wildman–Crippen MR) is 119 cm³/mol. The zero-order chi connectivity index (χ0) is 22.4. The Morgan fingerprint density at radius 3 is 2.16 bits per heavy atom. The van der Waals surface area contributed by atoms with Gasteiger partial charge in [-0.15, -0.1) is 0 Å². The van der Waals surface area contributed by atoms with Crippen molar-refractivity contribution in [2.75, 3.05) is 0 Å². The molecule has 0 saturated heterocycles. The molecule has 0 spiro atoms. The highest BCUT2D eigenvalue weighted by Gasteiger charge is 2.27. The minimum atomic E-state index is -1.13. The van der Waals surface area contributed by atoms with Crippen molar-refractivity contribution >= 4 is 11.9 Å². The molecule has 0 bridgehead atoms. The van der Waals surface area contributed by atoms with Gasteiger partial charge in [0.05, 0.1) is 5.69 Å². The monoisotopic (exact) mass is 419 g/mol. The lowest BCUT2D eigenvalue weighted by Crippen LogP contribution is -2.43. The summed E-state index contributed by atoms with van der Waals surface area (Å²) in [5, 5.41) is 16.5. The van der Waals surface area contributed by atoms with E-state index in [9.17, 15) is 19.5 Å². The first kappa shape index (κ1) is 22.0. The number of unbranched alkanes of at least 4 members (excludes halogenated alkanes) is 1. The minimum absolute atomic E-state index is 0.120. The van der Waals surface area contributed by atoms with E-state index in [1.807, 2.05) is 55.5 Å². The van der Waals surface area contributed by atoms with Crippen molar-refractivity contribution in [3.05, 3.63) is 76.6 Å². The maximum Gasteiger partial charge on any atom is 0.326 e. The van der Waals surface area contributed by atoms with Gasteiger partial charge < -0.3 is 10.4 Å². The molecule has 0 saturated carbocycles. The van der Waals surface area contributed by atoms with Crippen molar-refractivity contribution < 1.29 is 14.7 Å². The Morgan fingerprint density at radius 1 is 1.03 bits per heavy atom. The Morgan fingerprint density at radius 2 is 1.61 bits per heavy atom. The van der Waals surface area contributed by atoms with Crippen LogP contribution in [0.1, 0.15) is 36.5 Å². The summed E-state index contributed by atoms with van der Waals surface area (Å²) >= 11 is 0. The van der Waals surface area contributed by atoms with Gasteiger partial charge >= 0.3 is 5.97 Å². The molecule has 0 aliphatic carbocycles. The summed E-state index contributed by atoms with van der Waals surface area (Å²) in [4.78, 5) is 38.0. The number of carbonyl (C=O) groups is 2. The molecule has 1 atom stereocenters. The van der Waals surface area contributed by atoms with Crippen LogP contribution >= 0.6 is 0 Å². The van der Waals surface area contributed by atoms with Gasteiger partial charge in [-0.3, -0.25) is 9.59 Å². The van der Waals surface area contributed by atoms with Crippen LogP contribution in [0.15, 0.2) is 65.5 Å². The molecule has 2 N–H and O–H groups in total. The van der Waals surface area contributed by atoms with Crippen LogP contribution in [0.4, 0.5) is 0 Å². The molecular weight excluding hydrogens is 394 g/mol. The molecule has 1 unspecified atom stereocenters. The van der Waals surface area contributed by atoms with Gasteiger partial charge in [-0.1, -0.05) is 80.4 Å². The van der Waals surface area contributed by atoms with E-state index < -0.39 is 23.5 Å². The van der Waals surface area contributed by atoms with Crippen molar-refractivity contribution in [2.24, 2.45) is 7.05 Å². The van der Waals surface area contributed by atoms with E-state index in [0.29, 0.717) is 23.2 Å². The number of aryl methyl sites for hydroxylation is 1. The number of amides is 1. The number of carbonyl (C=O) groups excluding carboxylic acids is 1. The zero-order valence-electron chi connectivity index (χ0n) is 17.5. The third kappa shape index (κ3) is 4.88. The maximum atomic E-state index is 13.3. The van der Waals surface area contributed by atoms with Gasteiger partial charge in [-0.25, -0.2) is 9.48 Å². The van der Waals surface area contributed by atoms with Crippen LogP contribution in [-0.4, -0.2) is 32.8 Å². The number of aliphatic carboxylic acids is 1. The van der Waals surface area contributed by atoms with E-state index in [0.717, 1.165) is 16.7 Å². The molecule has 3 aromatic rings. The van der Waals surface area contributed by atoms with Crippen LogP contribution < -0.4 is 10.9 Å². The second-order valence-electron chi connectivity index (χ2n) is 7.27. The van der Waals surface area contributed by atoms with E-state index >= 15 is 0 Å². The summed E-state index contributed by atoms with van der Waals surface area (Å²) in [6.07, 6.45) is 1.73. The Hall–Kier alpha value is -3.74. The number of aromatic nitrogens is 2. The Bertz CT molecular complexity index is 1120. The number of hydrogen-bond donors (Lipinski definition) is 2. The molecule has 3 rings (SSSR count). The van der Waals surface area contributed by atoms with Crippen molar-refractivity contribution in [3.63, 3.8) is 0 Å². The molecule has 7 nitrogen and oxygen atoms in total. The summed E-state index contributed by atoms with van der Waals surface area (Å²) in [6.45, 7) is 1.94. The standard InChI is InChI=1S/C24H25N3O4/c1-3-4-15-18(24(30)31)25-22(28)20-19(16-11-7-5-8-12-16)21(26-27(2)23(20)29)17-13-9-6-10-14-17/h5-14,18H,3-4,15H2,1-2H3,(H,25,28)(H,30,31). The molecule has 0 aliphatic heterocycles. The number of carboxylic acid groups (broad SMARTS) is 1. The summed E-state index contributed by atoms with van der Waals surface area (Å²) < 4.78 is 1.12. The summed E-state index contributed by atoms with van der Waals surface area (Å²) in [6, 6.07) is 17.2. The third-order valence-electron chi connectivity index (χ3n) is 5.03. The summed E-state index contributed by atoms with van der Waals surface area (Å²) in [5.74, 6) is -1.85. The van der Waals surface area contributed by atoms with Gasteiger partial charge in [0.1, 0.15) is 11.6 Å². The first-order valence-corrected chi connectivity index (χ1v) is 10.2. The smallest absolute Gasteiger partial charge is 0.326 e. The molecule has 0 radical (unpaired) electrons. The van der Waals surface area contributed by atoms with E-state index in [1.165, 1.54) is 7.05 Å². The van der Waals surface area contributed by atoms with Gasteiger partial charge in [0.2, 0.25) is 0 Å². The van der Waals surface area contributed by atoms with Crippen molar-refractivity contribution in [3.8, 4) is 22.4 Å². The fraction of sp³-hybridized carbons (Fsp3) is 0.250. The zero-order valence-corrected chi connectivity index (χ0v) is 17.5. The quantitative estimate of drug-likeness (QED) is 0.582. The molecule has 31 heavy (non-hydrogen) atoms.